The van der Waals surface area contributed by atoms with Crippen LogP contribution in [0.25, 0.3) is 10.9 Å². The van der Waals surface area contributed by atoms with E-state index < -0.39 is 5.95 Å². The number of aryl methyl sites for hydroxylation is 2. The summed E-state index contributed by atoms with van der Waals surface area (Å²) in [5.74, 6) is -0.0321. The van der Waals surface area contributed by atoms with Crippen LogP contribution >= 0.6 is 11.8 Å². The van der Waals surface area contributed by atoms with Crippen molar-refractivity contribution in [2.45, 2.75) is 19.9 Å². The first-order valence-corrected chi connectivity index (χ1v) is 10.7. The van der Waals surface area contributed by atoms with Gasteiger partial charge in [-0.25, -0.2) is 9.67 Å². The van der Waals surface area contributed by atoms with Gasteiger partial charge in [0.2, 0.25) is 5.95 Å². The lowest BCUT2D eigenvalue weighted by atomic mass is 10.3. The normalized spacial score (nSPS) is 10.2. The van der Waals surface area contributed by atoms with Gasteiger partial charge in [0.25, 0.3) is 5.56 Å². The van der Waals surface area contributed by atoms with Crippen LogP contribution in [0.5, 0.6) is 0 Å². The van der Waals surface area contributed by atoms with Crippen LogP contribution in [0.2, 0.25) is 0 Å². The molecule has 0 aliphatic rings. The van der Waals surface area contributed by atoms with E-state index in [-0.39, 0.29) is 12.1 Å². The van der Waals surface area contributed by atoms with Crippen LogP contribution in [0.4, 0.5) is 10.2 Å². The van der Waals surface area contributed by atoms with Crippen molar-refractivity contribution in [2.24, 2.45) is 12.0 Å². The van der Waals surface area contributed by atoms with Crippen molar-refractivity contribution in [3.63, 3.8) is 0 Å². The van der Waals surface area contributed by atoms with Crippen LogP contribution in [0.15, 0.2) is 40.4 Å². The molecule has 0 saturated carbocycles. The highest BCUT2D eigenvalue weighted by Gasteiger charge is 2.12. The Morgan fingerprint density at radius 1 is 1.27 bits per heavy atom. The van der Waals surface area contributed by atoms with Crippen LogP contribution in [0.3, 0.4) is 0 Å². The van der Waals surface area contributed by atoms with E-state index in [1.807, 2.05) is 18.6 Å². The van der Waals surface area contributed by atoms with E-state index >= 15 is 0 Å². The number of H-pyrrole nitrogens is 2. The third kappa shape index (κ3) is 5.66. The molecule has 4 rings (SSSR count). The first-order valence-electron chi connectivity index (χ1n) is 9.05. The number of hydrogen-bond acceptors (Lipinski definition) is 6. The molecule has 0 unspecified atom stereocenters. The minimum absolute atomic E-state index is 0.119. The molecule has 2 N–H and O–H groups in total. The molecule has 160 valence electrons. The summed E-state index contributed by atoms with van der Waals surface area (Å²) in [6, 6.07) is 4.93. The van der Waals surface area contributed by atoms with E-state index in [2.05, 4.69) is 44.1 Å². The molecule has 4 aromatic heterocycles. The number of aromatic amines is 2. The van der Waals surface area contributed by atoms with Crippen molar-refractivity contribution in [3.8, 4) is 0 Å². The second-order valence-electron chi connectivity index (χ2n) is 6.19. The van der Waals surface area contributed by atoms with E-state index in [0.29, 0.717) is 22.4 Å². The molecule has 0 atom stereocenters. The van der Waals surface area contributed by atoms with Crippen LogP contribution in [0, 0.1) is 5.95 Å². The number of thioether (sulfide) groups is 1. The van der Waals surface area contributed by atoms with Gasteiger partial charge in [0.05, 0.1) is 18.4 Å². The molecule has 0 saturated heterocycles. The van der Waals surface area contributed by atoms with E-state index in [4.69, 9.17) is 0 Å². The smallest absolute Gasteiger partial charge is 0.291 e. The third-order valence-electron chi connectivity index (χ3n) is 4.03. The van der Waals surface area contributed by atoms with Crippen molar-refractivity contribution in [2.75, 3.05) is 12.5 Å². The van der Waals surface area contributed by atoms with E-state index in [1.165, 1.54) is 16.4 Å². The van der Waals surface area contributed by atoms with Crippen LogP contribution in [-0.4, -0.2) is 54.0 Å². The fourth-order valence-corrected chi connectivity index (χ4v) is 2.61. The Morgan fingerprint density at radius 3 is 2.50 bits per heavy atom. The number of aliphatic imine (C=N–C) groups is 1. The highest BCUT2D eigenvalue weighted by Crippen LogP contribution is 2.20. The molecule has 0 radical (unpaired) electrons. The van der Waals surface area contributed by atoms with Crippen LogP contribution in [0.1, 0.15) is 18.3 Å². The molecule has 0 aliphatic carbocycles. The Bertz CT molecular complexity index is 1130. The Kier molecular flexibility index (Phi) is 8.54. The Labute approximate surface area is 177 Å². The quantitative estimate of drug-likeness (QED) is 0.482. The predicted molar refractivity (Wildman–Crippen MR) is 119 cm³/mol. The summed E-state index contributed by atoms with van der Waals surface area (Å²) < 4.78 is 15.7. The highest BCUT2D eigenvalue weighted by atomic mass is 32.2. The third-order valence-corrected chi connectivity index (χ3v) is 4.03. The molecule has 0 aromatic carbocycles. The largest absolute Gasteiger partial charge is 0.324 e. The van der Waals surface area contributed by atoms with E-state index in [0.717, 1.165) is 6.42 Å². The summed E-state index contributed by atoms with van der Waals surface area (Å²) in [5, 5.41) is 17.2. The molecular weight excluding hydrogens is 407 g/mol. The van der Waals surface area contributed by atoms with Gasteiger partial charge in [0.1, 0.15) is 11.3 Å². The molecule has 0 fully saturated rings. The minimum atomic E-state index is -0.619. The van der Waals surface area contributed by atoms with Gasteiger partial charge in [-0.05, 0) is 37.8 Å². The molecule has 0 amide bonds. The number of aromatic nitrogens is 7. The van der Waals surface area contributed by atoms with E-state index in [9.17, 15) is 9.18 Å². The second kappa shape index (κ2) is 11.1. The zero-order valence-electron chi connectivity index (χ0n) is 17.4. The van der Waals surface area contributed by atoms with Crippen molar-refractivity contribution in [1.29, 1.82) is 0 Å². The lowest BCUT2D eigenvalue weighted by Crippen LogP contribution is -2.24. The summed E-state index contributed by atoms with van der Waals surface area (Å²) in [6.07, 6.45) is 8.46. The van der Waals surface area contributed by atoms with Crippen molar-refractivity contribution >= 4 is 35.2 Å². The van der Waals surface area contributed by atoms with Gasteiger partial charge < -0.3 is 4.57 Å². The number of nitrogens with zero attached hydrogens (tertiary/aromatic N) is 6. The average molecular weight is 433 g/mol. The first-order chi connectivity index (χ1) is 14.4. The molecule has 0 bridgehead atoms. The predicted octanol–water partition coefficient (Wildman–Crippen LogP) is 2.93. The van der Waals surface area contributed by atoms with Gasteiger partial charge >= 0.3 is 0 Å². The molecule has 30 heavy (non-hydrogen) atoms. The van der Waals surface area contributed by atoms with Gasteiger partial charge in [0, 0.05) is 30.4 Å². The van der Waals surface area contributed by atoms with Crippen LogP contribution < -0.4 is 5.56 Å². The number of hydrogen-bond donors (Lipinski definition) is 2. The van der Waals surface area contributed by atoms with Crippen molar-refractivity contribution in [1.82, 2.24) is 34.7 Å². The SMILES string of the molecule is C=Nc1cc2cnn(Cc3cc(F)n[nH]3)c(=O)c2n1C.CCc1ccn[nH]1.CSC. The van der Waals surface area contributed by atoms with Crippen LogP contribution in [-0.2, 0) is 20.0 Å². The highest BCUT2D eigenvalue weighted by molar-refractivity contribution is 7.97. The minimum Gasteiger partial charge on any atom is -0.324 e. The molecule has 0 aliphatic heterocycles. The number of fused-ring (bicyclic) bond motifs is 1. The lowest BCUT2D eigenvalue weighted by Gasteiger charge is -2.03. The summed E-state index contributed by atoms with van der Waals surface area (Å²) in [5.41, 5.74) is 1.85. The monoisotopic (exact) mass is 432 g/mol. The standard InChI is InChI=1S/C12H11FN6O.C5H8N2.C2H6S/c1-14-10-3-7-5-15-19(12(20)11(7)18(10)2)6-8-4-9(13)17-16-8;1-2-5-3-4-6-7-5;1-3-2/h3-5H,1,6H2,2H3,(H,16,17);3-4H,2H2,1H3,(H,6,7);1-2H3. The Morgan fingerprint density at radius 2 is 2.00 bits per heavy atom. The maximum absolute atomic E-state index is 12.8. The van der Waals surface area contributed by atoms with Gasteiger partial charge in [-0.15, -0.1) is 5.10 Å². The van der Waals surface area contributed by atoms with Gasteiger partial charge in [-0.2, -0.15) is 26.3 Å². The molecule has 4 heterocycles. The topological polar surface area (TPSA) is 110 Å². The van der Waals surface area contributed by atoms with Gasteiger partial charge in [0.15, 0.2) is 0 Å². The molecule has 9 nitrogen and oxygen atoms in total. The van der Waals surface area contributed by atoms with Gasteiger partial charge in [-0.1, -0.05) is 6.92 Å². The Balaban J connectivity index is 0.000000266. The summed E-state index contributed by atoms with van der Waals surface area (Å²) >= 11 is 1.75. The lowest BCUT2D eigenvalue weighted by molar-refractivity contribution is 0.579. The maximum Gasteiger partial charge on any atom is 0.291 e. The molecular formula is C19H25FN8OS. The zero-order chi connectivity index (χ0) is 22.1. The number of halogens is 1. The van der Waals surface area contributed by atoms with E-state index in [1.54, 1.807) is 41.8 Å². The fraction of sp³-hybridized carbons (Fsp3) is 0.316. The molecule has 0 spiro atoms. The zero-order valence-corrected chi connectivity index (χ0v) is 18.2. The number of rotatable bonds is 4. The maximum atomic E-state index is 12.8. The molecule has 11 heteroatoms. The first kappa shape index (κ1) is 23.1. The van der Waals surface area contributed by atoms with Gasteiger partial charge in [-0.3, -0.25) is 15.0 Å². The number of nitrogens with one attached hydrogen (secondary N) is 2. The van der Waals surface area contributed by atoms with Crippen molar-refractivity contribution in [3.05, 3.63) is 58.3 Å². The molecule has 4 aromatic rings. The van der Waals surface area contributed by atoms with Crippen molar-refractivity contribution < 1.29 is 4.39 Å². The summed E-state index contributed by atoms with van der Waals surface area (Å²) in [7, 11) is 1.73. The Hall–Kier alpha value is -3.21. The average Bonchev–Trinajstić information content (AvgIpc) is 3.46. The second-order valence-corrected chi connectivity index (χ2v) is 7.01. The summed E-state index contributed by atoms with van der Waals surface area (Å²) in [6.45, 7) is 5.66. The fourth-order valence-electron chi connectivity index (χ4n) is 2.61. The summed E-state index contributed by atoms with van der Waals surface area (Å²) in [4.78, 5) is 16.2.